The van der Waals surface area contributed by atoms with Gasteiger partial charge in [0.05, 0.1) is 13.7 Å². The Balaban J connectivity index is 4.62. The zero-order valence-corrected chi connectivity index (χ0v) is 11.4. The van der Waals surface area contributed by atoms with Crippen molar-refractivity contribution in [3.63, 3.8) is 0 Å². The number of methoxy groups -OCH3 is 1. The molecule has 108 valence electrons. The van der Waals surface area contributed by atoms with Gasteiger partial charge in [0.15, 0.2) is 0 Å². The Kier molecular flexibility index (Phi) is 6.09. The Morgan fingerprint density at radius 1 is 1.44 bits per heavy atom. The minimum atomic E-state index is -4.25. The van der Waals surface area contributed by atoms with E-state index < -0.39 is 30.3 Å². The number of esters is 1. The molecule has 0 aliphatic heterocycles. The first-order valence-electron chi connectivity index (χ1n) is 5.60. The summed E-state index contributed by atoms with van der Waals surface area (Å²) in [4.78, 5) is 12.7. The molecule has 0 aliphatic carbocycles. The molecule has 0 aliphatic rings. The quantitative estimate of drug-likeness (QED) is 0.741. The predicted octanol–water partition coefficient (Wildman–Crippen LogP) is 1.41. The summed E-state index contributed by atoms with van der Waals surface area (Å²) in [6, 6.07) is -0.414. The third kappa shape index (κ3) is 5.22. The van der Waals surface area contributed by atoms with Crippen molar-refractivity contribution >= 4 is 5.97 Å². The van der Waals surface area contributed by atoms with Gasteiger partial charge >= 0.3 is 12.1 Å². The molecule has 0 spiro atoms. The van der Waals surface area contributed by atoms with E-state index in [1.165, 1.54) is 19.1 Å². The molecule has 1 N–H and O–H groups in total. The highest BCUT2D eigenvalue weighted by atomic mass is 19.4. The minimum Gasteiger partial charge on any atom is -0.468 e. The van der Waals surface area contributed by atoms with Crippen LogP contribution in [0.4, 0.5) is 13.2 Å². The Hall–Kier alpha value is -0.820. The molecular formula is C11H21F3N2O2. The van der Waals surface area contributed by atoms with Crippen molar-refractivity contribution in [2.24, 2.45) is 0 Å². The highest BCUT2D eigenvalue weighted by molar-refractivity contribution is 5.80. The van der Waals surface area contributed by atoms with Crippen LogP contribution in [0.25, 0.3) is 0 Å². The van der Waals surface area contributed by atoms with Crippen LogP contribution in [-0.4, -0.2) is 56.4 Å². The Morgan fingerprint density at radius 2 is 1.94 bits per heavy atom. The van der Waals surface area contributed by atoms with Gasteiger partial charge in [-0.05, 0) is 34.4 Å². The van der Waals surface area contributed by atoms with Gasteiger partial charge in [0.25, 0.3) is 0 Å². The Bertz CT molecular complexity index is 284. The summed E-state index contributed by atoms with van der Waals surface area (Å²) in [5.41, 5.74) is -0.992. The average Bonchev–Trinajstić information content (AvgIpc) is 2.25. The third-order valence-corrected chi connectivity index (χ3v) is 3.07. The molecule has 0 aromatic heterocycles. The predicted molar refractivity (Wildman–Crippen MR) is 62.2 cm³/mol. The number of alkyl halides is 3. The van der Waals surface area contributed by atoms with Gasteiger partial charge < -0.3 is 10.1 Å². The van der Waals surface area contributed by atoms with E-state index in [4.69, 9.17) is 0 Å². The van der Waals surface area contributed by atoms with Crippen LogP contribution in [0.3, 0.4) is 0 Å². The fraction of sp³-hybridized carbons (Fsp3) is 0.909. The zero-order valence-electron chi connectivity index (χ0n) is 11.4. The van der Waals surface area contributed by atoms with Crippen molar-refractivity contribution in [1.82, 2.24) is 10.2 Å². The summed E-state index contributed by atoms with van der Waals surface area (Å²) >= 11 is 0. The van der Waals surface area contributed by atoms with E-state index in [2.05, 4.69) is 10.1 Å². The van der Waals surface area contributed by atoms with Crippen LogP contribution in [0.1, 0.15) is 20.3 Å². The fourth-order valence-electron chi connectivity index (χ4n) is 1.70. The van der Waals surface area contributed by atoms with Crippen LogP contribution < -0.4 is 5.32 Å². The van der Waals surface area contributed by atoms with Gasteiger partial charge in [0, 0.05) is 6.04 Å². The topological polar surface area (TPSA) is 41.6 Å². The zero-order chi connectivity index (χ0) is 14.6. The number of likely N-dealkylation sites (N-methyl/N-ethyl adjacent to an activating group) is 1. The maximum Gasteiger partial charge on any atom is 0.401 e. The lowest BCUT2D eigenvalue weighted by Crippen LogP contribution is -2.52. The van der Waals surface area contributed by atoms with E-state index in [9.17, 15) is 18.0 Å². The van der Waals surface area contributed by atoms with Gasteiger partial charge in [0.2, 0.25) is 0 Å². The second kappa shape index (κ2) is 6.38. The molecule has 0 rings (SSSR count). The van der Waals surface area contributed by atoms with Gasteiger partial charge in [-0.25, -0.2) is 0 Å². The van der Waals surface area contributed by atoms with E-state index >= 15 is 0 Å². The second-order valence-corrected chi connectivity index (χ2v) is 4.66. The number of nitrogens with one attached hydrogen (secondary N) is 1. The Labute approximate surface area is 105 Å². The summed E-state index contributed by atoms with van der Waals surface area (Å²) in [6.45, 7) is 2.25. The van der Waals surface area contributed by atoms with Crippen LogP contribution >= 0.6 is 0 Å². The lowest BCUT2D eigenvalue weighted by Gasteiger charge is -2.33. The van der Waals surface area contributed by atoms with E-state index in [1.54, 1.807) is 20.9 Å². The molecule has 0 aromatic carbocycles. The first-order chi connectivity index (χ1) is 8.05. The maximum absolute atomic E-state index is 12.3. The van der Waals surface area contributed by atoms with Crippen molar-refractivity contribution in [3.8, 4) is 0 Å². The summed E-state index contributed by atoms with van der Waals surface area (Å²) in [5, 5.41) is 2.80. The molecule has 0 radical (unpaired) electrons. The highest BCUT2D eigenvalue weighted by Crippen LogP contribution is 2.21. The van der Waals surface area contributed by atoms with Crippen LogP contribution in [0.2, 0.25) is 0 Å². The summed E-state index contributed by atoms with van der Waals surface area (Å²) < 4.78 is 41.4. The van der Waals surface area contributed by atoms with Gasteiger partial charge in [-0.2, -0.15) is 13.2 Å². The van der Waals surface area contributed by atoms with E-state index in [0.717, 1.165) is 0 Å². The molecule has 4 nitrogen and oxygen atoms in total. The number of halogens is 3. The van der Waals surface area contributed by atoms with Crippen molar-refractivity contribution in [2.45, 2.75) is 38.0 Å². The lowest BCUT2D eigenvalue weighted by atomic mass is 9.93. The number of hydrogen-bond donors (Lipinski definition) is 1. The van der Waals surface area contributed by atoms with Gasteiger partial charge in [-0.15, -0.1) is 0 Å². The van der Waals surface area contributed by atoms with E-state index in [1.807, 2.05) is 0 Å². The minimum absolute atomic E-state index is 0.225. The van der Waals surface area contributed by atoms with Crippen LogP contribution in [0.15, 0.2) is 0 Å². The first-order valence-corrected chi connectivity index (χ1v) is 5.60. The van der Waals surface area contributed by atoms with Crippen molar-refractivity contribution in [3.05, 3.63) is 0 Å². The van der Waals surface area contributed by atoms with Gasteiger partial charge in [-0.1, -0.05) is 0 Å². The number of hydrogen-bond acceptors (Lipinski definition) is 4. The molecule has 2 atom stereocenters. The standard InChI is InChI=1S/C11H21F3N2O2/c1-8(16(4)7-11(12,13)14)6-10(2,15-3)9(17)18-5/h8,15H,6-7H2,1-5H3. The molecule has 7 heteroatoms. The molecule has 0 heterocycles. The smallest absolute Gasteiger partial charge is 0.401 e. The SMILES string of the molecule is CNC(C)(CC(C)N(C)CC(F)(F)F)C(=O)OC. The summed E-state index contributed by atoms with van der Waals surface area (Å²) in [6.07, 6.45) is -4.02. The van der Waals surface area contributed by atoms with Crippen molar-refractivity contribution in [2.75, 3.05) is 27.7 Å². The highest BCUT2D eigenvalue weighted by Gasteiger charge is 2.37. The molecule has 18 heavy (non-hydrogen) atoms. The third-order valence-electron chi connectivity index (χ3n) is 3.07. The molecule has 2 unspecified atom stereocenters. The monoisotopic (exact) mass is 270 g/mol. The summed E-state index contributed by atoms with van der Waals surface area (Å²) in [5.74, 6) is -0.489. The molecular weight excluding hydrogens is 249 g/mol. The number of carbonyl (C=O) groups is 1. The largest absolute Gasteiger partial charge is 0.468 e. The molecule has 0 fully saturated rings. The molecule has 0 amide bonds. The maximum atomic E-state index is 12.3. The first kappa shape index (κ1) is 17.2. The van der Waals surface area contributed by atoms with Gasteiger partial charge in [0.1, 0.15) is 5.54 Å². The molecule has 0 saturated carbocycles. The number of nitrogens with zero attached hydrogens (tertiary/aromatic N) is 1. The number of rotatable bonds is 6. The van der Waals surface area contributed by atoms with Crippen LogP contribution in [-0.2, 0) is 9.53 Å². The fourth-order valence-corrected chi connectivity index (χ4v) is 1.70. The molecule has 0 aromatic rings. The van der Waals surface area contributed by atoms with Crippen LogP contribution in [0, 0.1) is 0 Å². The molecule has 0 bridgehead atoms. The molecule has 0 saturated heterocycles. The Morgan fingerprint density at radius 3 is 2.28 bits per heavy atom. The van der Waals surface area contributed by atoms with E-state index in [-0.39, 0.29) is 6.42 Å². The van der Waals surface area contributed by atoms with E-state index in [0.29, 0.717) is 0 Å². The van der Waals surface area contributed by atoms with Crippen LogP contribution in [0.5, 0.6) is 0 Å². The number of ether oxygens (including phenoxy) is 1. The second-order valence-electron chi connectivity index (χ2n) is 4.66. The lowest BCUT2D eigenvalue weighted by molar-refractivity contribution is -0.152. The normalized spacial score (nSPS) is 17.4. The van der Waals surface area contributed by atoms with Crippen molar-refractivity contribution < 1.29 is 22.7 Å². The van der Waals surface area contributed by atoms with Gasteiger partial charge in [-0.3, -0.25) is 9.69 Å². The van der Waals surface area contributed by atoms with Crippen molar-refractivity contribution in [1.29, 1.82) is 0 Å². The summed E-state index contributed by atoms with van der Waals surface area (Å²) in [7, 11) is 4.21. The number of carbonyl (C=O) groups excluding carboxylic acids is 1. The average molecular weight is 270 g/mol.